The van der Waals surface area contributed by atoms with Gasteiger partial charge in [-0.05, 0) is 42.0 Å². The van der Waals surface area contributed by atoms with Crippen molar-refractivity contribution in [1.82, 2.24) is 0 Å². The lowest BCUT2D eigenvalue weighted by molar-refractivity contribution is 0.402. The van der Waals surface area contributed by atoms with Crippen LogP contribution in [0.4, 0.5) is 0 Å². The second-order valence-electron chi connectivity index (χ2n) is 4.52. The maximum Gasteiger partial charge on any atom is 0.193 e. The molecule has 78 valence electrons. The molecule has 1 aliphatic rings. The second kappa shape index (κ2) is 3.28. The summed E-state index contributed by atoms with van der Waals surface area (Å²) in [5.41, 5.74) is 5.91. The predicted octanol–water partition coefficient (Wildman–Crippen LogP) is 2.81. The Balaban J connectivity index is 2.24. The van der Waals surface area contributed by atoms with Crippen LogP contribution in [0.5, 0.6) is 0 Å². The third kappa shape index (κ3) is 1.37. The van der Waals surface area contributed by atoms with Crippen LogP contribution in [0.2, 0.25) is 5.22 Å². The van der Waals surface area contributed by atoms with E-state index in [-0.39, 0.29) is 5.41 Å². The van der Waals surface area contributed by atoms with Gasteiger partial charge in [-0.15, -0.1) is 0 Å². The van der Waals surface area contributed by atoms with Crippen molar-refractivity contribution >= 4 is 11.6 Å². The van der Waals surface area contributed by atoms with E-state index in [1.54, 1.807) is 6.07 Å². The van der Waals surface area contributed by atoms with Crippen LogP contribution in [0.1, 0.15) is 26.0 Å². The van der Waals surface area contributed by atoms with Crippen molar-refractivity contribution < 1.29 is 4.42 Å². The standard InChI is InChI=1S/C11H16ClNO/c1-7(2)8-5-11(8,6-13)9-3-4-10(12)14-9/h3-4,7-8H,5-6,13H2,1-2H3. The van der Waals surface area contributed by atoms with E-state index in [1.807, 2.05) is 6.07 Å². The molecule has 0 bridgehead atoms. The molecule has 2 unspecified atom stereocenters. The largest absolute Gasteiger partial charge is 0.449 e. The molecule has 1 aliphatic carbocycles. The van der Waals surface area contributed by atoms with E-state index in [2.05, 4.69) is 13.8 Å². The van der Waals surface area contributed by atoms with E-state index in [1.165, 1.54) is 0 Å². The third-order valence-electron chi connectivity index (χ3n) is 3.37. The molecule has 1 fully saturated rings. The van der Waals surface area contributed by atoms with Gasteiger partial charge in [0, 0.05) is 12.0 Å². The Morgan fingerprint density at radius 3 is 2.71 bits per heavy atom. The lowest BCUT2D eigenvalue weighted by Crippen LogP contribution is -2.23. The number of rotatable bonds is 3. The molecule has 0 amide bonds. The fourth-order valence-corrected chi connectivity index (χ4v) is 2.55. The van der Waals surface area contributed by atoms with Crippen LogP contribution < -0.4 is 5.73 Å². The molecular formula is C11H16ClNO. The molecule has 3 heteroatoms. The normalized spacial score (nSPS) is 31.1. The van der Waals surface area contributed by atoms with E-state index < -0.39 is 0 Å². The van der Waals surface area contributed by atoms with E-state index in [4.69, 9.17) is 21.8 Å². The summed E-state index contributed by atoms with van der Waals surface area (Å²) in [6, 6.07) is 3.75. The van der Waals surface area contributed by atoms with E-state index >= 15 is 0 Å². The highest BCUT2D eigenvalue weighted by molar-refractivity contribution is 6.28. The summed E-state index contributed by atoms with van der Waals surface area (Å²) in [6.45, 7) is 5.11. The van der Waals surface area contributed by atoms with Crippen LogP contribution in [0, 0.1) is 11.8 Å². The fourth-order valence-electron chi connectivity index (χ4n) is 2.41. The molecule has 1 saturated carbocycles. The fraction of sp³-hybridized carbons (Fsp3) is 0.636. The maximum absolute atomic E-state index is 5.84. The highest BCUT2D eigenvalue weighted by Gasteiger charge is 2.57. The van der Waals surface area contributed by atoms with Gasteiger partial charge in [0.25, 0.3) is 0 Å². The first kappa shape index (κ1) is 10.1. The minimum absolute atomic E-state index is 0.0707. The molecule has 2 rings (SSSR count). The molecule has 14 heavy (non-hydrogen) atoms. The summed E-state index contributed by atoms with van der Waals surface area (Å²) in [6.07, 6.45) is 1.13. The summed E-state index contributed by atoms with van der Waals surface area (Å²) in [4.78, 5) is 0. The third-order valence-corrected chi connectivity index (χ3v) is 3.57. The van der Waals surface area contributed by atoms with Crippen molar-refractivity contribution in [3.8, 4) is 0 Å². The van der Waals surface area contributed by atoms with Gasteiger partial charge < -0.3 is 10.2 Å². The monoisotopic (exact) mass is 213 g/mol. The zero-order valence-corrected chi connectivity index (χ0v) is 9.34. The molecular weight excluding hydrogens is 198 g/mol. The highest BCUT2D eigenvalue weighted by Crippen LogP contribution is 2.57. The maximum atomic E-state index is 5.84. The van der Waals surface area contributed by atoms with Crippen LogP contribution in [0.3, 0.4) is 0 Å². The van der Waals surface area contributed by atoms with Crippen molar-refractivity contribution in [2.24, 2.45) is 17.6 Å². The van der Waals surface area contributed by atoms with Gasteiger partial charge in [0.15, 0.2) is 5.22 Å². The zero-order chi connectivity index (χ0) is 10.3. The SMILES string of the molecule is CC(C)C1CC1(CN)c1ccc(Cl)o1. The topological polar surface area (TPSA) is 39.2 Å². The summed E-state index contributed by atoms with van der Waals surface area (Å²) < 4.78 is 5.47. The number of hydrogen-bond acceptors (Lipinski definition) is 2. The van der Waals surface area contributed by atoms with Crippen molar-refractivity contribution in [2.45, 2.75) is 25.7 Å². The molecule has 2 N–H and O–H groups in total. The summed E-state index contributed by atoms with van der Waals surface area (Å²) in [5, 5.41) is 0.460. The van der Waals surface area contributed by atoms with E-state index in [9.17, 15) is 0 Å². The van der Waals surface area contributed by atoms with Gasteiger partial charge in [0.05, 0.1) is 0 Å². The minimum atomic E-state index is 0.0707. The lowest BCUT2D eigenvalue weighted by atomic mass is 9.95. The Kier molecular flexibility index (Phi) is 2.36. The molecule has 0 spiro atoms. The molecule has 0 radical (unpaired) electrons. The van der Waals surface area contributed by atoms with Crippen LogP contribution >= 0.6 is 11.6 Å². The summed E-state index contributed by atoms with van der Waals surface area (Å²) >= 11 is 5.77. The summed E-state index contributed by atoms with van der Waals surface area (Å²) in [7, 11) is 0. The predicted molar refractivity (Wildman–Crippen MR) is 57.4 cm³/mol. The Morgan fingerprint density at radius 2 is 2.36 bits per heavy atom. The van der Waals surface area contributed by atoms with Gasteiger partial charge >= 0.3 is 0 Å². The first-order valence-corrected chi connectivity index (χ1v) is 5.44. The van der Waals surface area contributed by atoms with Gasteiger partial charge in [-0.3, -0.25) is 0 Å². The molecule has 2 nitrogen and oxygen atoms in total. The van der Waals surface area contributed by atoms with Crippen molar-refractivity contribution in [3.05, 3.63) is 23.1 Å². The Labute approximate surface area is 89.4 Å². The van der Waals surface area contributed by atoms with Crippen LogP contribution in [-0.4, -0.2) is 6.54 Å². The van der Waals surface area contributed by atoms with E-state index in [0.29, 0.717) is 23.6 Å². The van der Waals surface area contributed by atoms with Crippen molar-refractivity contribution in [3.63, 3.8) is 0 Å². The molecule has 0 aromatic carbocycles. The smallest absolute Gasteiger partial charge is 0.193 e. The molecule has 1 heterocycles. The Bertz CT molecular complexity index is 334. The first-order chi connectivity index (χ1) is 6.60. The van der Waals surface area contributed by atoms with Gasteiger partial charge in [0.2, 0.25) is 0 Å². The Morgan fingerprint density at radius 1 is 1.64 bits per heavy atom. The quantitative estimate of drug-likeness (QED) is 0.839. The molecule has 1 aromatic heterocycles. The number of furan rings is 1. The highest BCUT2D eigenvalue weighted by atomic mass is 35.5. The molecule has 0 saturated heterocycles. The van der Waals surface area contributed by atoms with Gasteiger partial charge in [-0.2, -0.15) is 0 Å². The van der Waals surface area contributed by atoms with Crippen molar-refractivity contribution in [1.29, 1.82) is 0 Å². The second-order valence-corrected chi connectivity index (χ2v) is 4.89. The van der Waals surface area contributed by atoms with Gasteiger partial charge in [-0.1, -0.05) is 13.8 Å². The van der Waals surface area contributed by atoms with Crippen LogP contribution in [0.15, 0.2) is 16.5 Å². The first-order valence-electron chi connectivity index (χ1n) is 5.06. The van der Waals surface area contributed by atoms with E-state index in [0.717, 1.165) is 12.2 Å². The Hall–Kier alpha value is -0.470. The van der Waals surface area contributed by atoms with Crippen LogP contribution in [-0.2, 0) is 5.41 Å². The zero-order valence-electron chi connectivity index (χ0n) is 8.59. The molecule has 0 aliphatic heterocycles. The number of hydrogen-bond donors (Lipinski definition) is 1. The number of halogens is 1. The van der Waals surface area contributed by atoms with Gasteiger partial charge in [-0.25, -0.2) is 0 Å². The average molecular weight is 214 g/mol. The summed E-state index contributed by atoms with van der Waals surface area (Å²) in [5.74, 6) is 2.26. The number of nitrogens with two attached hydrogens (primary N) is 1. The lowest BCUT2D eigenvalue weighted by Gasteiger charge is -2.13. The van der Waals surface area contributed by atoms with Crippen molar-refractivity contribution in [2.75, 3.05) is 6.54 Å². The van der Waals surface area contributed by atoms with Crippen LogP contribution in [0.25, 0.3) is 0 Å². The molecule has 1 aromatic rings. The molecule has 2 atom stereocenters. The minimum Gasteiger partial charge on any atom is -0.449 e. The van der Waals surface area contributed by atoms with Gasteiger partial charge in [0.1, 0.15) is 5.76 Å². The average Bonchev–Trinajstić information content (AvgIpc) is 2.76.